The summed E-state index contributed by atoms with van der Waals surface area (Å²) < 4.78 is 2.21. The van der Waals surface area contributed by atoms with E-state index in [1.54, 1.807) is 0 Å². The minimum absolute atomic E-state index is 0.507. The van der Waals surface area contributed by atoms with Gasteiger partial charge in [0.25, 0.3) is 0 Å². The van der Waals surface area contributed by atoms with Crippen LogP contribution in [0.1, 0.15) is 193 Å². The lowest BCUT2D eigenvalue weighted by molar-refractivity contribution is 0.360. The highest BCUT2D eigenvalue weighted by atomic mass is 15.4. The van der Waals surface area contributed by atoms with Crippen molar-refractivity contribution in [2.75, 3.05) is 20.6 Å². The van der Waals surface area contributed by atoms with Crippen LogP contribution >= 0.6 is 0 Å². The van der Waals surface area contributed by atoms with Crippen LogP contribution in [0.2, 0.25) is 0 Å². The number of hydrogen-bond acceptors (Lipinski definition) is 3. The van der Waals surface area contributed by atoms with Gasteiger partial charge < -0.3 is 4.90 Å². The molecule has 0 aliphatic rings. The first-order chi connectivity index (χ1) is 23.2. The zero-order valence-corrected chi connectivity index (χ0v) is 31.9. The molecule has 0 aromatic carbocycles. The Kier molecular flexibility index (Phi) is 31.1. The molecule has 0 atom stereocenters. The average Bonchev–Trinajstić information content (AvgIpc) is 3.55. The van der Waals surface area contributed by atoms with Crippen molar-refractivity contribution in [3.63, 3.8) is 0 Å². The normalized spacial score (nSPS) is 12.6. The molecule has 0 aliphatic heterocycles. The van der Waals surface area contributed by atoms with E-state index < -0.39 is 0 Å². The van der Waals surface area contributed by atoms with Gasteiger partial charge >= 0.3 is 0 Å². The van der Waals surface area contributed by atoms with E-state index in [0.717, 1.165) is 31.5 Å². The molecule has 0 spiro atoms. The summed E-state index contributed by atoms with van der Waals surface area (Å²) in [5.41, 5.74) is 1.14. The van der Waals surface area contributed by atoms with Gasteiger partial charge in [0.2, 0.25) is 0 Å². The van der Waals surface area contributed by atoms with E-state index in [4.69, 9.17) is 0 Å². The van der Waals surface area contributed by atoms with Crippen LogP contribution in [-0.2, 0) is 6.42 Å². The fraction of sp³-hybridized carbons (Fsp3) is 0.767. The van der Waals surface area contributed by atoms with Crippen LogP contribution in [0.25, 0.3) is 0 Å². The van der Waals surface area contributed by atoms with Crippen LogP contribution < -0.4 is 0 Å². The Balaban J connectivity index is 2.21. The summed E-state index contributed by atoms with van der Waals surface area (Å²) in [5, 5.41) is 9.13. The Morgan fingerprint density at radius 3 is 1.38 bits per heavy atom. The summed E-state index contributed by atoms with van der Waals surface area (Å²) in [6.45, 7) is 5.57. The van der Waals surface area contributed by atoms with Gasteiger partial charge in [-0.3, -0.25) is 0 Å². The van der Waals surface area contributed by atoms with E-state index in [1.165, 1.54) is 154 Å². The second-order valence-electron chi connectivity index (χ2n) is 14.1. The maximum atomic E-state index is 4.61. The highest BCUT2D eigenvalue weighted by molar-refractivity contribution is 4.95. The number of likely N-dealkylation sites (N-methyl/N-ethyl adjacent to an activating group) is 1. The fourth-order valence-electron chi connectivity index (χ4n) is 6.09. The molecule has 0 radical (unpaired) electrons. The van der Waals surface area contributed by atoms with Crippen LogP contribution in [0.15, 0.2) is 54.8 Å². The van der Waals surface area contributed by atoms with Crippen LogP contribution in [0.5, 0.6) is 0 Å². The van der Waals surface area contributed by atoms with Crippen LogP contribution in [-0.4, -0.2) is 40.5 Å². The van der Waals surface area contributed by atoms with Gasteiger partial charge in [-0.15, -0.1) is 5.10 Å². The number of unbranched alkanes of at least 4 members (excludes halogenated alkanes) is 18. The molecule has 0 bridgehead atoms. The lowest BCUT2D eigenvalue weighted by Crippen LogP contribution is -2.15. The van der Waals surface area contributed by atoms with E-state index >= 15 is 0 Å². The minimum Gasteiger partial charge on any atom is -0.309 e. The maximum Gasteiger partial charge on any atom is 0.0840 e. The summed E-state index contributed by atoms with van der Waals surface area (Å²) in [4.78, 5) is 2.23. The van der Waals surface area contributed by atoms with Gasteiger partial charge in [0.1, 0.15) is 0 Å². The third kappa shape index (κ3) is 28.8. The Morgan fingerprint density at radius 2 is 0.957 bits per heavy atom. The van der Waals surface area contributed by atoms with Gasteiger partial charge in [-0.25, -0.2) is 4.68 Å². The third-order valence-corrected chi connectivity index (χ3v) is 9.22. The first-order valence-corrected chi connectivity index (χ1v) is 20.3. The molecular formula is C43H78N4. The van der Waals surface area contributed by atoms with Crippen molar-refractivity contribution in [2.24, 2.45) is 0 Å². The quantitative estimate of drug-likeness (QED) is 0.0550. The Labute approximate surface area is 293 Å². The second-order valence-corrected chi connectivity index (χ2v) is 14.1. The zero-order valence-electron chi connectivity index (χ0n) is 31.9. The summed E-state index contributed by atoms with van der Waals surface area (Å²) in [6, 6.07) is 0.507. The number of hydrogen-bond donors (Lipinski definition) is 0. The predicted molar refractivity (Wildman–Crippen MR) is 209 cm³/mol. The van der Waals surface area contributed by atoms with Crippen LogP contribution in [0.3, 0.4) is 0 Å². The molecule has 4 heteroatoms. The van der Waals surface area contributed by atoms with E-state index in [-0.39, 0.29) is 0 Å². The molecule has 0 fully saturated rings. The molecule has 1 aromatic heterocycles. The first kappa shape index (κ1) is 43.1. The molecule has 47 heavy (non-hydrogen) atoms. The molecular weight excluding hydrogens is 573 g/mol. The molecule has 0 saturated carbocycles. The van der Waals surface area contributed by atoms with Crippen molar-refractivity contribution >= 4 is 0 Å². The third-order valence-electron chi connectivity index (χ3n) is 9.22. The van der Waals surface area contributed by atoms with Crippen LogP contribution in [0.4, 0.5) is 0 Å². The Hall–Kier alpha value is -1.94. The molecule has 0 unspecified atom stereocenters. The van der Waals surface area contributed by atoms with Crippen molar-refractivity contribution < 1.29 is 0 Å². The minimum atomic E-state index is 0.507. The lowest BCUT2D eigenvalue weighted by atomic mass is 10.00. The maximum absolute atomic E-state index is 4.61. The monoisotopic (exact) mass is 651 g/mol. The summed E-state index contributed by atoms with van der Waals surface area (Å²) >= 11 is 0. The van der Waals surface area contributed by atoms with Crippen LogP contribution in [0, 0.1) is 0 Å². The highest BCUT2D eigenvalue weighted by Gasteiger charge is 2.13. The second kappa shape index (κ2) is 33.9. The standard InChI is InChI=1S/C43H78N4/c1-5-7-9-11-13-15-17-19-21-23-25-27-29-31-33-35-37-43(47-41-42(44-45-47)39-40-46(3)4)38-36-34-32-30-28-26-24-22-20-18-16-14-12-10-8-6-2/h13-16,19-22,41,43H,5-12,17-18,23-40H2,1-4H3/b15-13-,16-14-,21-19-,22-20-. The molecule has 270 valence electrons. The number of nitrogens with zero attached hydrogens (tertiary/aromatic N) is 4. The van der Waals surface area contributed by atoms with Gasteiger partial charge in [0.05, 0.1) is 11.7 Å². The topological polar surface area (TPSA) is 34.0 Å². The van der Waals surface area contributed by atoms with Crippen molar-refractivity contribution in [3.8, 4) is 0 Å². The number of rotatable bonds is 34. The fourth-order valence-corrected chi connectivity index (χ4v) is 6.09. The first-order valence-electron chi connectivity index (χ1n) is 20.3. The number of aromatic nitrogens is 3. The highest BCUT2D eigenvalue weighted by Crippen LogP contribution is 2.23. The Bertz CT molecular complexity index is 845. The van der Waals surface area contributed by atoms with Crippen molar-refractivity contribution in [3.05, 3.63) is 60.5 Å². The summed E-state index contributed by atoms with van der Waals surface area (Å²) in [6.07, 6.45) is 56.0. The van der Waals surface area contributed by atoms with Gasteiger partial charge in [-0.05, 0) is 91.1 Å². The van der Waals surface area contributed by atoms with Crippen molar-refractivity contribution in [2.45, 2.75) is 193 Å². The van der Waals surface area contributed by atoms with Gasteiger partial charge in [0.15, 0.2) is 0 Å². The zero-order chi connectivity index (χ0) is 33.9. The Morgan fingerprint density at radius 1 is 0.553 bits per heavy atom. The summed E-state index contributed by atoms with van der Waals surface area (Å²) in [5.74, 6) is 0. The molecule has 4 nitrogen and oxygen atoms in total. The van der Waals surface area contributed by atoms with E-state index in [0.29, 0.717) is 6.04 Å². The summed E-state index contributed by atoms with van der Waals surface area (Å²) in [7, 11) is 4.26. The van der Waals surface area contributed by atoms with E-state index in [2.05, 4.69) is 103 Å². The van der Waals surface area contributed by atoms with Crippen molar-refractivity contribution in [1.29, 1.82) is 0 Å². The molecule has 0 N–H and O–H groups in total. The number of allylic oxidation sites excluding steroid dienone is 8. The molecule has 0 aliphatic carbocycles. The van der Waals surface area contributed by atoms with Crippen molar-refractivity contribution in [1.82, 2.24) is 19.9 Å². The molecule has 1 aromatic rings. The van der Waals surface area contributed by atoms with Gasteiger partial charge in [-0.2, -0.15) is 0 Å². The smallest absolute Gasteiger partial charge is 0.0840 e. The average molecular weight is 651 g/mol. The van der Waals surface area contributed by atoms with Gasteiger partial charge in [0, 0.05) is 19.2 Å². The predicted octanol–water partition coefficient (Wildman–Crippen LogP) is 13.3. The molecule has 0 amide bonds. The lowest BCUT2D eigenvalue weighted by Gasteiger charge is -2.17. The largest absolute Gasteiger partial charge is 0.309 e. The molecule has 1 rings (SSSR count). The molecule has 1 heterocycles. The van der Waals surface area contributed by atoms with Gasteiger partial charge in [-0.1, -0.05) is 158 Å². The van der Waals surface area contributed by atoms with E-state index in [9.17, 15) is 0 Å². The molecule has 0 saturated heterocycles. The van der Waals surface area contributed by atoms with E-state index in [1.807, 2.05) is 0 Å². The SMILES string of the molecule is CCCCC/C=C\C/C=C\CCCCCCCCC(CCCCCCCC/C=C\C/C=C\CCCCC)n1cc(CCN(C)C)nn1.